The molecule has 0 bridgehead atoms. The molecule has 0 saturated carbocycles. The van der Waals surface area contributed by atoms with Crippen LogP contribution in [0, 0.1) is 11.8 Å². The molecule has 10 nitrogen and oxygen atoms in total. The van der Waals surface area contributed by atoms with Gasteiger partial charge in [-0.2, -0.15) is 0 Å². The number of hydrogen-bond acceptors (Lipinski definition) is 6. The van der Waals surface area contributed by atoms with Crippen LogP contribution in [0.1, 0.15) is 61.8 Å². The zero-order chi connectivity index (χ0) is 23.1. The van der Waals surface area contributed by atoms with E-state index in [-0.39, 0.29) is 18.3 Å². The molecule has 0 aromatic rings. The van der Waals surface area contributed by atoms with Crippen molar-refractivity contribution in [1.29, 1.82) is 0 Å². The van der Waals surface area contributed by atoms with Gasteiger partial charge in [-0.1, -0.05) is 27.7 Å². The molecule has 0 heterocycles. The van der Waals surface area contributed by atoms with E-state index in [1.807, 2.05) is 0 Å². The van der Waals surface area contributed by atoms with E-state index in [0.717, 1.165) is 0 Å². The van der Waals surface area contributed by atoms with Crippen molar-refractivity contribution in [2.45, 2.75) is 85.5 Å². The Hall–Kier alpha value is -2.36. The summed E-state index contributed by atoms with van der Waals surface area (Å²) in [5.74, 6) is -2.87. The van der Waals surface area contributed by atoms with E-state index in [1.54, 1.807) is 48.5 Å². The van der Waals surface area contributed by atoms with Crippen LogP contribution in [-0.2, 0) is 19.1 Å². The molecular formula is C19H36N4O6. The van der Waals surface area contributed by atoms with Gasteiger partial charge in [-0.05, 0) is 46.0 Å². The number of nitrogens with two attached hydrogens (primary N) is 1. The number of hydrazine groups is 1. The van der Waals surface area contributed by atoms with Crippen molar-refractivity contribution >= 4 is 23.9 Å². The monoisotopic (exact) mass is 416 g/mol. The number of nitrogens with one attached hydrogen (secondary N) is 2. The smallest absolute Gasteiger partial charge is 0.426 e. The van der Waals surface area contributed by atoms with Crippen molar-refractivity contribution in [2.75, 3.05) is 0 Å². The molecule has 0 aliphatic carbocycles. The Morgan fingerprint density at radius 1 is 1.07 bits per heavy atom. The van der Waals surface area contributed by atoms with Gasteiger partial charge in [0.2, 0.25) is 5.91 Å². The van der Waals surface area contributed by atoms with Crippen LogP contribution in [0.5, 0.6) is 0 Å². The SMILES string of the molecule is CC(C)C[C@@H](C(=O)O)N(NC(=O)OC(C)(C)C)C(=O)[C@H](C)NC(=O)[C@@H](N)C(C)C. The predicted molar refractivity (Wildman–Crippen MR) is 108 cm³/mol. The third-order valence-electron chi connectivity index (χ3n) is 3.89. The second kappa shape index (κ2) is 11.0. The third kappa shape index (κ3) is 9.60. The average molecular weight is 417 g/mol. The zero-order valence-corrected chi connectivity index (χ0v) is 18.6. The molecule has 5 N–H and O–H groups in total. The Bertz CT molecular complexity index is 600. The molecule has 0 aliphatic rings. The lowest BCUT2D eigenvalue weighted by Gasteiger charge is -2.33. The van der Waals surface area contributed by atoms with E-state index in [0.29, 0.717) is 5.01 Å². The minimum absolute atomic E-state index is 0.0777. The number of aliphatic carboxylic acids is 1. The first kappa shape index (κ1) is 26.6. The highest BCUT2D eigenvalue weighted by atomic mass is 16.6. The van der Waals surface area contributed by atoms with E-state index >= 15 is 0 Å². The summed E-state index contributed by atoms with van der Waals surface area (Å²) < 4.78 is 5.14. The zero-order valence-electron chi connectivity index (χ0n) is 18.6. The maximum Gasteiger partial charge on any atom is 0.426 e. The topological polar surface area (TPSA) is 151 Å². The molecular weight excluding hydrogens is 380 g/mol. The molecule has 0 saturated heterocycles. The maximum absolute atomic E-state index is 12.9. The summed E-state index contributed by atoms with van der Waals surface area (Å²) in [7, 11) is 0. The van der Waals surface area contributed by atoms with Crippen molar-refractivity contribution in [3.05, 3.63) is 0 Å². The van der Waals surface area contributed by atoms with Crippen molar-refractivity contribution < 1.29 is 29.0 Å². The van der Waals surface area contributed by atoms with Gasteiger partial charge in [0.1, 0.15) is 11.6 Å². The number of nitrogens with zero attached hydrogens (tertiary/aromatic N) is 1. The highest BCUT2D eigenvalue weighted by Crippen LogP contribution is 2.14. The van der Waals surface area contributed by atoms with Crippen molar-refractivity contribution in [3.8, 4) is 0 Å². The van der Waals surface area contributed by atoms with Gasteiger partial charge >= 0.3 is 12.1 Å². The Balaban J connectivity index is 5.64. The van der Waals surface area contributed by atoms with Gasteiger partial charge in [0, 0.05) is 0 Å². The minimum atomic E-state index is -1.34. The molecule has 0 spiro atoms. The van der Waals surface area contributed by atoms with E-state index in [2.05, 4.69) is 10.7 Å². The van der Waals surface area contributed by atoms with Crippen LogP contribution in [0.3, 0.4) is 0 Å². The van der Waals surface area contributed by atoms with Crippen LogP contribution in [0.2, 0.25) is 0 Å². The largest absolute Gasteiger partial charge is 0.480 e. The molecule has 3 atom stereocenters. The van der Waals surface area contributed by atoms with Crippen molar-refractivity contribution in [1.82, 2.24) is 15.8 Å². The van der Waals surface area contributed by atoms with E-state index in [1.165, 1.54) is 6.92 Å². The van der Waals surface area contributed by atoms with E-state index < -0.39 is 47.6 Å². The molecule has 0 fully saturated rings. The summed E-state index contributed by atoms with van der Waals surface area (Å²) in [6, 6.07) is -3.28. The molecule has 168 valence electrons. The van der Waals surface area contributed by atoms with E-state index in [9.17, 15) is 24.3 Å². The standard InChI is InChI=1S/C19H36N4O6/c1-10(2)9-13(17(26)27)23(22-18(28)29-19(6,7)8)16(25)12(5)21-15(24)14(20)11(3)4/h10-14H,9,20H2,1-8H3,(H,21,24)(H,22,28)(H,26,27)/t12-,13-,14-/m0/s1. The van der Waals surface area contributed by atoms with Gasteiger partial charge in [0.05, 0.1) is 6.04 Å². The summed E-state index contributed by atoms with van der Waals surface area (Å²) in [5.41, 5.74) is 7.17. The lowest BCUT2D eigenvalue weighted by atomic mass is 10.0. The molecule has 0 aliphatic heterocycles. The Kier molecular flexibility index (Phi) is 10.1. The molecule has 0 aromatic heterocycles. The van der Waals surface area contributed by atoms with Gasteiger partial charge < -0.3 is 20.9 Å². The number of carboxylic acid groups (broad SMARTS) is 1. The fourth-order valence-electron chi connectivity index (χ4n) is 2.33. The fourth-order valence-corrected chi connectivity index (χ4v) is 2.33. The van der Waals surface area contributed by atoms with Gasteiger partial charge in [-0.3, -0.25) is 9.59 Å². The van der Waals surface area contributed by atoms with Crippen LogP contribution >= 0.6 is 0 Å². The Morgan fingerprint density at radius 2 is 1.59 bits per heavy atom. The van der Waals surface area contributed by atoms with Gasteiger partial charge in [-0.25, -0.2) is 20.0 Å². The quantitative estimate of drug-likeness (QED) is 0.435. The van der Waals surface area contributed by atoms with Crippen molar-refractivity contribution in [2.24, 2.45) is 17.6 Å². The number of amides is 3. The van der Waals surface area contributed by atoms with Crippen molar-refractivity contribution in [3.63, 3.8) is 0 Å². The summed E-state index contributed by atoms with van der Waals surface area (Å²) in [5, 5.41) is 12.8. The third-order valence-corrected chi connectivity index (χ3v) is 3.89. The lowest BCUT2D eigenvalue weighted by molar-refractivity contribution is -0.155. The second-order valence-corrected chi connectivity index (χ2v) is 8.81. The van der Waals surface area contributed by atoms with Crippen LogP contribution in [-0.4, -0.2) is 57.7 Å². The number of carbonyl (C=O) groups excluding carboxylic acids is 3. The normalized spacial score (nSPS) is 14.7. The molecule has 3 amide bonds. The number of carboxylic acids is 1. The molecule has 0 unspecified atom stereocenters. The van der Waals surface area contributed by atoms with Crippen LogP contribution in [0.4, 0.5) is 4.79 Å². The molecule has 0 aromatic carbocycles. The molecule has 29 heavy (non-hydrogen) atoms. The van der Waals surface area contributed by atoms with Crippen LogP contribution < -0.4 is 16.5 Å². The average Bonchev–Trinajstić information content (AvgIpc) is 2.54. The second-order valence-electron chi connectivity index (χ2n) is 8.81. The summed E-state index contributed by atoms with van der Waals surface area (Å²) in [6.07, 6.45) is -0.887. The first-order valence-corrected chi connectivity index (χ1v) is 9.68. The minimum Gasteiger partial charge on any atom is -0.480 e. The first-order chi connectivity index (χ1) is 13.1. The number of hydrogen-bond donors (Lipinski definition) is 4. The predicted octanol–water partition coefficient (Wildman–Crippen LogP) is 1.24. The Labute approximate surface area is 172 Å². The highest BCUT2D eigenvalue weighted by Gasteiger charge is 2.36. The van der Waals surface area contributed by atoms with E-state index in [4.69, 9.17) is 10.5 Å². The first-order valence-electron chi connectivity index (χ1n) is 9.68. The fraction of sp³-hybridized carbons (Fsp3) is 0.789. The Morgan fingerprint density at radius 3 is 1.97 bits per heavy atom. The van der Waals surface area contributed by atoms with Crippen LogP contribution in [0.25, 0.3) is 0 Å². The molecule has 10 heteroatoms. The highest BCUT2D eigenvalue weighted by molar-refractivity contribution is 5.92. The van der Waals surface area contributed by atoms with Gasteiger partial charge in [0.15, 0.2) is 6.04 Å². The summed E-state index contributed by atoms with van der Waals surface area (Å²) >= 11 is 0. The number of rotatable bonds is 8. The van der Waals surface area contributed by atoms with Crippen LogP contribution in [0.15, 0.2) is 0 Å². The summed E-state index contributed by atoms with van der Waals surface area (Å²) in [6.45, 7) is 13.4. The summed E-state index contributed by atoms with van der Waals surface area (Å²) in [4.78, 5) is 49.1. The molecule has 0 radical (unpaired) electrons. The van der Waals surface area contributed by atoms with Gasteiger partial charge in [0.25, 0.3) is 5.91 Å². The number of carbonyl (C=O) groups is 4. The number of ether oxygens (including phenoxy) is 1. The maximum atomic E-state index is 12.9. The lowest BCUT2D eigenvalue weighted by Crippen LogP contribution is -2.61. The van der Waals surface area contributed by atoms with Gasteiger partial charge in [-0.15, -0.1) is 0 Å². The molecule has 0 rings (SSSR count).